The molecule has 0 radical (unpaired) electrons. The van der Waals surface area contributed by atoms with Gasteiger partial charge in [0.15, 0.2) is 0 Å². The molecule has 0 amide bonds. The molecule has 7 heteroatoms. The lowest BCUT2D eigenvalue weighted by Crippen LogP contribution is -2.22. The van der Waals surface area contributed by atoms with Crippen molar-refractivity contribution >= 4 is 11.9 Å². The first-order chi connectivity index (χ1) is 9.20. The molecule has 0 unspecified atom stereocenters. The molecule has 2 N–H and O–H groups in total. The highest BCUT2D eigenvalue weighted by atomic mass is 15.3. The van der Waals surface area contributed by atoms with Crippen molar-refractivity contribution in [2.24, 2.45) is 0 Å². The summed E-state index contributed by atoms with van der Waals surface area (Å²) in [6.07, 6.45) is 8.57. The molecular weight excluding hydrogens is 242 g/mol. The van der Waals surface area contributed by atoms with Crippen LogP contribution in [0.5, 0.6) is 0 Å². The van der Waals surface area contributed by atoms with Crippen LogP contribution in [0, 0.1) is 0 Å². The predicted molar refractivity (Wildman–Crippen MR) is 74.2 cm³/mol. The number of hydrogen-bond acceptors (Lipinski definition) is 6. The van der Waals surface area contributed by atoms with Gasteiger partial charge >= 0.3 is 0 Å². The van der Waals surface area contributed by atoms with Crippen LogP contribution >= 0.6 is 0 Å². The molecule has 2 aromatic rings. The van der Waals surface area contributed by atoms with Crippen molar-refractivity contribution in [3.05, 3.63) is 18.7 Å². The highest BCUT2D eigenvalue weighted by molar-refractivity contribution is 5.37. The molecule has 0 fully saturated rings. The van der Waals surface area contributed by atoms with Crippen LogP contribution < -0.4 is 10.6 Å². The minimum absolute atomic E-state index is 0.219. The van der Waals surface area contributed by atoms with E-state index in [0.717, 1.165) is 13.0 Å². The predicted octanol–water partition coefficient (Wildman–Crippen LogP) is 1.27. The lowest BCUT2D eigenvalue weighted by molar-refractivity contribution is 0.693. The number of anilines is 2. The van der Waals surface area contributed by atoms with Crippen molar-refractivity contribution in [2.45, 2.75) is 26.2 Å². The van der Waals surface area contributed by atoms with E-state index in [2.05, 4.69) is 26.9 Å². The third-order valence-electron chi connectivity index (χ3n) is 2.80. The Bertz CT molecular complexity index is 509. The first-order valence-electron chi connectivity index (χ1n) is 6.41. The molecule has 0 bridgehead atoms. The maximum atomic E-state index is 5.74. The van der Waals surface area contributed by atoms with Crippen molar-refractivity contribution in [3.63, 3.8) is 0 Å². The van der Waals surface area contributed by atoms with Crippen LogP contribution in [-0.4, -0.2) is 38.1 Å². The summed E-state index contributed by atoms with van der Waals surface area (Å²) in [7, 11) is 1.96. The van der Waals surface area contributed by atoms with Gasteiger partial charge in [0.25, 0.3) is 0 Å². The van der Waals surface area contributed by atoms with E-state index in [9.17, 15) is 0 Å². The third kappa shape index (κ3) is 3.40. The summed E-state index contributed by atoms with van der Waals surface area (Å²) < 4.78 is 1.71. The van der Waals surface area contributed by atoms with E-state index in [4.69, 9.17) is 5.73 Å². The molecule has 2 aromatic heterocycles. The van der Waals surface area contributed by atoms with Crippen molar-refractivity contribution in [2.75, 3.05) is 24.2 Å². The second-order valence-electron chi connectivity index (χ2n) is 4.39. The zero-order valence-corrected chi connectivity index (χ0v) is 11.3. The summed E-state index contributed by atoms with van der Waals surface area (Å²) in [6, 6.07) is 0. The Morgan fingerprint density at radius 3 is 2.79 bits per heavy atom. The minimum atomic E-state index is 0.219. The standard InChI is InChI=1S/C12H19N7/c1-3-4-5-7-18(2)11-15-10(13)16-12(17-11)19-8-6-14-9-19/h6,8-9H,3-5,7H2,1-2H3,(H2,13,15,16,17). The Labute approximate surface area is 112 Å². The van der Waals surface area contributed by atoms with Gasteiger partial charge in [0.1, 0.15) is 6.33 Å². The largest absolute Gasteiger partial charge is 0.368 e. The van der Waals surface area contributed by atoms with Crippen LogP contribution in [-0.2, 0) is 0 Å². The number of aromatic nitrogens is 5. The van der Waals surface area contributed by atoms with E-state index in [1.54, 1.807) is 23.3 Å². The minimum Gasteiger partial charge on any atom is -0.368 e. The molecule has 2 heterocycles. The molecule has 2 rings (SSSR count). The fraction of sp³-hybridized carbons (Fsp3) is 0.500. The molecular formula is C12H19N7. The van der Waals surface area contributed by atoms with Crippen molar-refractivity contribution in [1.29, 1.82) is 0 Å². The van der Waals surface area contributed by atoms with Gasteiger partial charge in [-0.2, -0.15) is 15.0 Å². The summed E-state index contributed by atoms with van der Waals surface area (Å²) in [5, 5.41) is 0. The van der Waals surface area contributed by atoms with Gasteiger partial charge in [0, 0.05) is 26.0 Å². The van der Waals surface area contributed by atoms with Crippen LogP contribution in [0.2, 0.25) is 0 Å². The number of nitrogens with zero attached hydrogens (tertiary/aromatic N) is 6. The van der Waals surface area contributed by atoms with Gasteiger partial charge in [0.05, 0.1) is 0 Å². The summed E-state index contributed by atoms with van der Waals surface area (Å²) >= 11 is 0. The van der Waals surface area contributed by atoms with Gasteiger partial charge < -0.3 is 10.6 Å². The van der Waals surface area contributed by atoms with Crippen LogP contribution in [0.4, 0.5) is 11.9 Å². The molecule has 0 atom stereocenters. The molecule has 102 valence electrons. The van der Waals surface area contributed by atoms with E-state index in [1.165, 1.54) is 12.8 Å². The second kappa shape index (κ2) is 6.12. The summed E-state index contributed by atoms with van der Waals surface area (Å²) in [4.78, 5) is 18.6. The number of nitrogens with two attached hydrogens (primary N) is 1. The zero-order valence-electron chi connectivity index (χ0n) is 11.3. The Balaban J connectivity index is 2.17. The second-order valence-corrected chi connectivity index (χ2v) is 4.39. The third-order valence-corrected chi connectivity index (χ3v) is 2.80. The van der Waals surface area contributed by atoms with Gasteiger partial charge in [-0.3, -0.25) is 4.57 Å². The van der Waals surface area contributed by atoms with Crippen molar-refractivity contribution in [1.82, 2.24) is 24.5 Å². The number of imidazole rings is 1. The van der Waals surface area contributed by atoms with Gasteiger partial charge in [-0.15, -0.1) is 0 Å². The highest BCUT2D eigenvalue weighted by Gasteiger charge is 2.09. The molecule has 7 nitrogen and oxygen atoms in total. The van der Waals surface area contributed by atoms with Crippen LogP contribution in [0.15, 0.2) is 18.7 Å². The van der Waals surface area contributed by atoms with E-state index in [0.29, 0.717) is 11.9 Å². The maximum absolute atomic E-state index is 5.74. The van der Waals surface area contributed by atoms with Gasteiger partial charge in [0.2, 0.25) is 17.8 Å². The van der Waals surface area contributed by atoms with E-state index < -0.39 is 0 Å². The number of nitrogen functional groups attached to an aromatic ring is 1. The normalized spacial score (nSPS) is 10.6. The van der Waals surface area contributed by atoms with Gasteiger partial charge in [-0.1, -0.05) is 19.8 Å². The monoisotopic (exact) mass is 261 g/mol. The molecule has 19 heavy (non-hydrogen) atoms. The van der Waals surface area contributed by atoms with Crippen LogP contribution in [0.25, 0.3) is 5.95 Å². The molecule has 0 saturated carbocycles. The van der Waals surface area contributed by atoms with Gasteiger partial charge in [-0.05, 0) is 6.42 Å². The average molecular weight is 261 g/mol. The topological polar surface area (TPSA) is 85.8 Å². The Morgan fingerprint density at radius 2 is 2.11 bits per heavy atom. The summed E-state index contributed by atoms with van der Waals surface area (Å²) in [5.74, 6) is 1.30. The molecule has 0 aliphatic carbocycles. The molecule has 0 saturated heterocycles. The van der Waals surface area contributed by atoms with E-state index >= 15 is 0 Å². The zero-order chi connectivity index (χ0) is 13.7. The Morgan fingerprint density at radius 1 is 1.26 bits per heavy atom. The van der Waals surface area contributed by atoms with Gasteiger partial charge in [-0.25, -0.2) is 4.98 Å². The first kappa shape index (κ1) is 13.3. The molecule has 0 aliphatic rings. The first-order valence-corrected chi connectivity index (χ1v) is 6.41. The fourth-order valence-corrected chi connectivity index (χ4v) is 1.73. The summed E-state index contributed by atoms with van der Waals surface area (Å²) in [6.45, 7) is 3.08. The molecule has 0 aromatic carbocycles. The fourth-order valence-electron chi connectivity index (χ4n) is 1.73. The Kier molecular flexibility index (Phi) is 4.27. The van der Waals surface area contributed by atoms with Crippen molar-refractivity contribution < 1.29 is 0 Å². The smallest absolute Gasteiger partial charge is 0.241 e. The van der Waals surface area contributed by atoms with E-state index in [-0.39, 0.29) is 5.95 Å². The average Bonchev–Trinajstić information content (AvgIpc) is 2.92. The SMILES string of the molecule is CCCCCN(C)c1nc(N)nc(-n2ccnc2)n1. The lowest BCUT2D eigenvalue weighted by atomic mass is 10.2. The quantitative estimate of drug-likeness (QED) is 0.788. The molecule has 0 spiro atoms. The number of unbranched alkanes of at least 4 members (excludes halogenated alkanes) is 2. The lowest BCUT2D eigenvalue weighted by Gasteiger charge is -2.17. The highest BCUT2D eigenvalue weighted by Crippen LogP contribution is 2.11. The maximum Gasteiger partial charge on any atom is 0.241 e. The van der Waals surface area contributed by atoms with Crippen molar-refractivity contribution in [3.8, 4) is 5.95 Å². The molecule has 0 aliphatic heterocycles. The number of hydrogen-bond donors (Lipinski definition) is 1. The number of rotatable bonds is 6. The van der Waals surface area contributed by atoms with Crippen LogP contribution in [0.1, 0.15) is 26.2 Å². The summed E-state index contributed by atoms with van der Waals surface area (Å²) in [5.41, 5.74) is 5.74. The Hall–Kier alpha value is -2.18. The van der Waals surface area contributed by atoms with E-state index in [1.807, 2.05) is 11.9 Å². The van der Waals surface area contributed by atoms with Crippen LogP contribution in [0.3, 0.4) is 0 Å².